The van der Waals surface area contributed by atoms with Crippen molar-refractivity contribution in [2.45, 2.75) is 39.5 Å². The summed E-state index contributed by atoms with van der Waals surface area (Å²) in [6.45, 7) is 5.75. The Morgan fingerprint density at radius 3 is 2.40 bits per heavy atom. The lowest BCUT2D eigenvalue weighted by Crippen LogP contribution is -2.40. The zero-order chi connectivity index (χ0) is 29.8. The van der Waals surface area contributed by atoms with Crippen molar-refractivity contribution in [1.82, 2.24) is 4.57 Å². The minimum absolute atomic E-state index is 0.259. The van der Waals surface area contributed by atoms with E-state index in [9.17, 15) is 9.59 Å². The molecule has 8 nitrogen and oxygen atoms in total. The molecule has 42 heavy (non-hydrogen) atoms. The molecule has 3 aromatic carbocycles. The first-order chi connectivity index (χ1) is 20.3. The number of hydrogen-bond acceptors (Lipinski definition) is 8. The van der Waals surface area contributed by atoms with Crippen molar-refractivity contribution in [2.24, 2.45) is 4.99 Å². The molecule has 0 amide bonds. The highest BCUT2D eigenvalue weighted by Crippen LogP contribution is 2.32. The van der Waals surface area contributed by atoms with Crippen LogP contribution in [-0.4, -0.2) is 30.9 Å². The fraction of sp³-hybridized carbons (Fsp3) is 0.242. The topological polar surface area (TPSA) is 88.4 Å². The van der Waals surface area contributed by atoms with Crippen LogP contribution in [0.3, 0.4) is 0 Å². The predicted molar refractivity (Wildman–Crippen MR) is 162 cm³/mol. The highest BCUT2D eigenvalue weighted by Gasteiger charge is 2.33. The van der Waals surface area contributed by atoms with Gasteiger partial charge in [-0.1, -0.05) is 59.9 Å². The number of aromatic nitrogens is 1. The Kier molecular flexibility index (Phi) is 8.59. The molecule has 1 atom stereocenters. The first-order valence-corrected chi connectivity index (χ1v) is 14.3. The molecule has 4 aromatic rings. The zero-order valence-corrected chi connectivity index (χ0v) is 24.9. The van der Waals surface area contributed by atoms with E-state index >= 15 is 0 Å². The highest BCUT2D eigenvalue weighted by atomic mass is 32.1. The van der Waals surface area contributed by atoms with Crippen molar-refractivity contribution >= 4 is 23.4 Å². The number of fused-ring (bicyclic) bond motifs is 1. The monoisotopic (exact) mass is 584 g/mol. The summed E-state index contributed by atoms with van der Waals surface area (Å²) in [6, 6.07) is 22.0. The molecule has 0 spiro atoms. The molecular formula is C33H32N2O6S. The predicted octanol–water partition coefficient (Wildman–Crippen LogP) is 4.78. The van der Waals surface area contributed by atoms with Crippen LogP contribution in [-0.2, 0) is 16.1 Å². The molecule has 2 heterocycles. The Hall–Kier alpha value is -4.63. The highest BCUT2D eigenvalue weighted by molar-refractivity contribution is 7.07. The summed E-state index contributed by atoms with van der Waals surface area (Å²) in [5, 5.41) is 0. The maximum absolute atomic E-state index is 13.9. The lowest BCUT2D eigenvalue weighted by molar-refractivity contribution is -0.143. The van der Waals surface area contributed by atoms with Crippen LogP contribution < -0.4 is 29.1 Å². The van der Waals surface area contributed by atoms with Gasteiger partial charge in [0, 0.05) is 0 Å². The maximum atomic E-state index is 13.9. The van der Waals surface area contributed by atoms with Gasteiger partial charge in [-0.25, -0.2) is 9.79 Å². The van der Waals surface area contributed by atoms with Gasteiger partial charge in [0.25, 0.3) is 5.56 Å². The molecule has 9 heteroatoms. The van der Waals surface area contributed by atoms with E-state index in [1.54, 1.807) is 57.8 Å². The van der Waals surface area contributed by atoms with Gasteiger partial charge >= 0.3 is 5.97 Å². The van der Waals surface area contributed by atoms with Crippen molar-refractivity contribution in [2.75, 3.05) is 14.2 Å². The fourth-order valence-corrected chi connectivity index (χ4v) is 5.79. The molecule has 0 saturated carbocycles. The molecule has 0 saturated heterocycles. The molecule has 1 aliphatic heterocycles. The van der Waals surface area contributed by atoms with E-state index in [-0.39, 0.29) is 11.7 Å². The second-order valence-corrected chi connectivity index (χ2v) is 11.0. The first-order valence-electron chi connectivity index (χ1n) is 13.5. The van der Waals surface area contributed by atoms with Gasteiger partial charge in [-0.05, 0) is 67.8 Å². The van der Waals surface area contributed by atoms with Crippen LogP contribution in [0.25, 0.3) is 6.08 Å². The minimum atomic E-state index is -0.705. The number of methoxy groups -OCH3 is 2. The summed E-state index contributed by atoms with van der Waals surface area (Å²) < 4.78 is 24.5. The molecule has 0 radical (unpaired) electrons. The van der Waals surface area contributed by atoms with Crippen molar-refractivity contribution in [1.29, 1.82) is 0 Å². The molecule has 216 valence electrons. The molecule has 0 fully saturated rings. The van der Waals surface area contributed by atoms with Crippen molar-refractivity contribution < 1.29 is 23.7 Å². The van der Waals surface area contributed by atoms with Crippen LogP contribution in [0.4, 0.5) is 0 Å². The van der Waals surface area contributed by atoms with Crippen molar-refractivity contribution in [3.8, 4) is 17.2 Å². The number of rotatable bonds is 9. The summed E-state index contributed by atoms with van der Waals surface area (Å²) >= 11 is 1.26. The van der Waals surface area contributed by atoms with Gasteiger partial charge in [0.2, 0.25) is 0 Å². The summed E-state index contributed by atoms with van der Waals surface area (Å²) in [4.78, 5) is 32.4. The average Bonchev–Trinajstić information content (AvgIpc) is 3.29. The lowest BCUT2D eigenvalue weighted by Gasteiger charge is -2.25. The maximum Gasteiger partial charge on any atom is 0.338 e. The van der Waals surface area contributed by atoms with E-state index in [2.05, 4.69) is 4.99 Å². The average molecular weight is 585 g/mol. The molecule has 5 rings (SSSR count). The summed E-state index contributed by atoms with van der Waals surface area (Å²) in [5.41, 5.74) is 3.13. The Morgan fingerprint density at radius 2 is 1.74 bits per heavy atom. The number of esters is 1. The fourth-order valence-electron chi connectivity index (χ4n) is 4.74. The number of allylic oxidation sites excluding steroid dienone is 1. The van der Waals surface area contributed by atoms with Crippen LogP contribution >= 0.6 is 11.3 Å². The van der Waals surface area contributed by atoms with Crippen molar-refractivity contribution in [3.05, 3.63) is 120 Å². The normalized spacial score (nSPS) is 14.8. The standard InChI is InChI=1S/C33H32N2O6S/c1-20(2)41-32(37)29-21(3)34-33-35(30(29)24-12-14-25(38-4)15-13-24)31(36)28(42-33)18-23-11-16-26(27(17-23)39-5)40-19-22-9-7-6-8-10-22/h6-18,20,30H,19H2,1-5H3/b28-18-. The lowest BCUT2D eigenvalue weighted by atomic mass is 9.96. The van der Waals surface area contributed by atoms with Gasteiger partial charge in [0.15, 0.2) is 16.3 Å². The largest absolute Gasteiger partial charge is 0.497 e. The van der Waals surface area contributed by atoms with Gasteiger partial charge in [-0.15, -0.1) is 0 Å². The quantitative estimate of drug-likeness (QED) is 0.263. The van der Waals surface area contributed by atoms with E-state index in [0.29, 0.717) is 44.5 Å². The van der Waals surface area contributed by atoms with Gasteiger partial charge in [-0.2, -0.15) is 0 Å². The summed E-state index contributed by atoms with van der Waals surface area (Å²) in [5.74, 6) is 1.32. The first kappa shape index (κ1) is 28.9. The number of benzene rings is 3. The van der Waals surface area contributed by atoms with Gasteiger partial charge in [0.05, 0.1) is 42.2 Å². The summed E-state index contributed by atoms with van der Waals surface area (Å²) in [7, 11) is 3.17. The second kappa shape index (κ2) is 12.5. The van der Waals surface area contributed by atoms with Crippen LogP contribution in [0.1, 0.15) is 43.5 Å². The van der Waals surface area contributed by atoms with Crippen molar-refractivity contribution in [3.63, 3.8) is 0 Å². The van der Waals surface area contributed by atoms with Gasteiger partial charge < -0.3 is 18.9 Å². The van der Waals surface area contributed by atoms with Crippen LogP contribution in [0, 0.1) is 0 Å². The number of carbonyl (C=O) groups excluding carboxylic acids is 1. The number of carbonyl (C=O) groups is 1. The third-order valence-electron chi connectivity index (χ3n) is 6.74. The molecule has 1 aliphatic rings. The van der Waals surface area contributed by atoms with Gasteiger partial charge in [-0.3, -0.25) is 9.36 Å². The van der Waals surface area contributed by atoms with E-state index < -0.39 is 12.0 Å². The van der Waals surface area contributed by atoms with Crippen LogP contribution in [0.5, 0.6) is 17.2 Å². The Balaban J connectivity index is 1.55. The molecule has 0 N–H and O–H groups in total. The van der Waals surface area contributed by atoms with E-state index in [4.69, 9.17) is 18.9 Å². The van der Waals surface area contributed by atoms with E-state index in [1.165, 1.54) is 11.3 Å². The molecule has 0 bridgehead atoms. The van der Waals surface area contributed by atoms with E-state index in [0.717, 1.165) is 16.7 Å². The molecule has 1 aromatic heterocycles. The number of ether oxygens (including phenoxy) is 4. The van der Waals surface area contributed by atoms with E-state index in [1.807, 2.05) is 60.7 Å². The summed E-state index contributed by atoms with van der Waals surface area (Å²) in [6.07, 6.45) is 1.47. The third kappa shape index (κ3) is 6.01. The molecule has 0 aliphatic carbocycles. The SMILES string of the molecule is COc1ccc(C2C(C(=O)OC(C)C)=C(C)N=c3s/c(=C\c4ccc(OCc5ccccc5)c(OC)c4)c(=O)n32)cc1. The Labute approximate surface area is 247 Å². The Bertz CT molecular complexity index is 1800. The smallest absolute Gasteiger partial charge is 0.338 e. The van der Waals surface area contributed by atoms with Crippen LogP contribution in [0.2, 0.25) is 0 Å². The Morgan fingerprint density at radius 1 is 1.00 bits per heavy atom. The van der Waals surface area contributed by atoms with Gasteiger partial charge in [0.1, 0.15) is 12.4 Å². The number of nitrogens with zero attached hydrogens (tertiary/aromatic N) is 2. The third-order valence-corrected chi connectivity index (χ3v) is 7.72. The minimum Gasteiger partial charge on any atom is -0.497 e. The number of hydrogen-bond donors (Lipinski definition) is 0. The van der Waals surface area contributed by atoms with Crippen LogP contribution in [0.15, 0.2) is 93.9 Å². The zero-order valence-electron chi connectivity index (χ0n) is 24.1. The second-order valence-electron chi connectivity index (χ2n) is 9.99. The molecule has 1 unspecified atom stereocenters. The molecular weight excluding hydrogens is 552 g/mol. The number of thiazole rings is 1.